The van der Waals surface area contributed by atoms with Crippen LogP contribution in [0.2, 0.25) is 0 Å². The van der Waals surface area contributed by atoms with Gasteiger partial charge >= 0.3 is 5.97 Å². The Kier molecular flexibility index (Phi) is 8.43. The maximum Gasteiger partial charge on any atom is 0.303 e. The van der Waals surface area contributed by atoms with E-state index < -0.39 is 5.97 Å². The van der Waals surface area contributed by atoms with Gasteiger partial charge in [0.25, 0.3) is 11.5 Å². The van der Waals surface area contributed by atoms with Gasteiger partial charge in [0.2, 0.25) is 0 Å². The lowest BCUT2D eigenvalue weighted by Crippen LogP contribution is -2.47. The summed E-state index contributed by atoms with van der Waals surface area (Å²) >= 11 is 6.65. The Morgan fingerprint density at radius 3 is 2.61 bits per heavy atom. The van der Waals surface area contributed by atoms with Crippen molar-refractivity contribution in [2.24, 2.45) is 0 Å². The fourth-order valence-corrected chi connectivity index (χ4v) is 5.73. The third kappa shape index (κ3) is 5.79. The number of thiocarbonyl (C=S) groups is 1. The van der Waals surface area contributed by atoms with Crippen molar-refractivity contribution in [3.05, 3.63) is 44.7 Å². The summed E-state index contributed by atoms with van der Waals surface area (Å²) in [4.78, 5) is 48.8. The minimum Gasteiger partial charge on any atom is -0.481 e. The zero-order valence-electron chi connectivity index (χ0n) is 20.6. The van der Waals surface area contributed by atoms with Gasteiger partial charge in [-0.25, -0.2) is 4.98 Å². The smallest absolute Gasteiger partial charge is 0.303 e. The Morgan fingerprint density at radius 2 is 1.92 bits per heavy atom. The topological polar surface area (TPSA) is 98.5 Å². The van der Waals surface area contributed by atoms with Gasteiger partial charge in [-0.05, 0) is 44.0 Å². The summed E-state index contributed by atoms with van der Waals surface area (Å²) in [5, 5.41) is 8.79. The standard InChI is InChI=1S/C25H31N5O4S2/c1-3-27-11-13-28(14-12-27)22-18(23(33)30-16-17(2)8-9-20(30)26-22)15-19-24(34)29(25(35)36-19)10-6-4-5-7-21(31)32/h8-9,15-16H,3-7,10-14H2,1-2H3,(H,31,32)/b19-15-. The largest absolute Gasteiger partial charge is 0.481 e. The number of nitrogens with zero attached hydrogens (tertiary/aromatic N) is 5. The maximum atomic E-state index is 13.6. The lowest BCUT2D eigenvalue weighted by molar-refractivity contribution is -0.137. The van der Waals surface area contributed by atoms with Crippen LogP contribution in [-0.4, -0.2) is 79.8 Å². The number of pyridine rings is 1. The number of fused-ring (bicyclic) bond motifs is 1. The molecule has 1 N–H and O–H groups in total. The van der Waals surface area contributed by atoms with E-state index in [9.17, 15) is 14.4 Å². The van der Waals surface area contributed by atoms with E-state index in [1.54, 1.807) is 17.2 Å². The van der Waals surface area contributed by atoms with Crippen LogP contribution < -0.4 is 10.5 Å². The SMILES string of the molecule is CCN1CCN(c2nc3ccc(C)cn3c(=O)c2/C=C2\SC(=S)N(CCCCCC(=O)O)C2=O)CC1. The predicted octanol–water partition coefficient (Wildman–Crippen LogP) is 2.99. The number of aryl methyl sites for hydroxylation is 1. The molecule has 2 fully saturated rings. The second-order valence-corrected chi connectivity index (χ2v) is 10.7. The molecule has 0 saturated carbocycles. The average Bonchev–Trinajstić information content (AvgIpc) is 3.13. The number of piperazine rings is 1. The molecule has 9 nitrogen and oxygen atoms in total. The zero-order chi connectivity index (χ0) is 25.8. The number of carbonyl (C=O) groups is 2. The molecular formula is C25H31N5O4S2. The molecular weight excluding hydrogens is 498 g/mol. The van der Waals surface area contributed by atoms with Gasteiger partial charge in [0, 0.05) is 45.3 Å². The molecule has 0 aliphatic carbocycles. The van der Waals surface area contributed by atoms with E-state index in [0.29, 0.717) is 52.1 Å². The molecule has 2 aliphatic rings. The monoisotopic (exact) mass is 529 g/mol. The van der Waals surface area contributed by atoms with Crippen molar-refractivity contribution < 1.29 is 14.7 Å². The minimum atomic E-state index is -0.819. The molecule has 0 unspecified atom stereocenters. The number of carboxylic acid groups (broad SMARTS) is 1. The lowest BCUT2D eigenvalue weighted by atomic mass is 10.2. The number of hydrogen-bond acceptors (Lipinski definition) is 8. The van der Waals surface area contributed by atoms with Crippen LogP contribution in [0.5, 0.6) is 0 Å². The van der Waals surface area contributed by atoms with Crippen molar-refractivity contribution in [3.8, 4) is 0 Å². The molecule has 1 amide bonds. The molecule has 2 aliphatic heterocycles. The number of unbranched alkanes of at least 4 members (excludes halogenated alkanes) is 2. The number of likely N-dealkylation sites (N-methyl/N-ethyl adjacent to an activating group) is 1. The number of carbonyl (C=O) groups excluding carboxylic acids is 1. The van der Waals surface area contributed by atoms with Crippen molar-refractivity contribution >= 4 is 57.7 Å². The number of carboxylic acids is 1. The van der Waals surface area contributed by atoms with Crippen LogP contribution in [-0.2, 0) is 9.59 Å². The van der Waals surface area contributed by atoms with Crippen LogP contribution >= 0.6 is 24.0 Å². The van der Waals surface area contributed by atoms with E-state index in [4.69, 9.17) is 22.3 Å². The number of anilines is 1. The second-order valence-electron chi connectivity index (χ2n) is 9.05. The first-order valence-electron chi connectivity index (χ1n) is 12.3. The summed E-state index contributed by atoms with van der Waals surface area (Å²) in [5.74, 6) is -0.446. The first kappa shape index (κ1) is 26.3. The number of aliphatic carboxylic acids is 1. The van der Waals surface area contributed by atoms with Crippen LogP contribution in [0.1, 0.15) is 43.7 Å². The number of amides is 1. The Morgan fingerprint density at radius 1 is 1.17 bits per heavy atom. The highest BCUT2D eigenvalue weighted by Crippen LogP contribution is 2.34. The maximum absolute atomic E-state index is 13.6. The number of hydrogen-bond donors (Lipinski definition) is 1. The summed E-state index contributed by atoms with van der Waals surface area (Å²) in [5.41, 5.74) is 1.70. The molecule has 192 valence electrons. The van der Waals surface area contributed by atoms with Crippen molar-refractivity contribution in [1.29, 1.82) is 0 Å². The molecule has 2 saturated heterocycles. The van der Waals surface area contributed by atoms with E-state index in [1.807, 2.05) is 19.1 Å². The molecule has 0 spiro atoms. The van der Waals surface area contributed by atoms with Crippen molar-refractivity contribution in [2.75, 3.05) is 44.2 Å². The van der Waals surface area contributed by atoms with Crippen LogP contribution in [0.3, 0.4) is 0 Å². The van der Waals surface area contributed by atoms with E-state index >= 15 is 0 Å². The van der Waals surface area contributed by atoms with Gasteiger partial charge in [0.1, 0.15) is 15.8 Å². The predicted molar refractivity (Wildman–Crippen MR) is 147 cm³/mol. The zero-order valence-corrected chi connectivity index (χ0v) is 22.2. The molecule has 4 heterocycles. The molecule has 36 heavy (non-hydrogen) atoms. The van der Waals surface area contributed by atoms with Gasteiger partial charge in [-0.2, -0.15) is 0 Å². The van der Waals surface area contributed by atoms with Gasteiger partial charge in [-0.1, -0.05) is 43.4 Å². The van der Waals surface area contributed by atoms with Gasteiger partial charge < -0.3 is 14.9 Å². The molecule has 4 rings (SSSR count). The Hall–Kier alpha value is -2.76. The highest BCUT2D eigenvalue weighted by molar-refractivity contribution is 8.26. The molecule has 2 aromatic heterocycles. The molecule has 11 heteroatoms. The number of rotatable bonds is 9. The fraction of sp³-hybridized carbons (Fsp3) is 0.480. The highest BCUT2D eigenvalue weighted by Gasteiger charge is 2.33. The molecule has 0 radical (unpaired) electrons. The van der Waals surface area contributed by atoms with Gasteiger partial charge in [-0.15, -0.1) is 0 Å². The fourth-order valence-electron chi connectivity index (χ4n) is 4.44. The third-order valence-corrected chi connectivity index (χ3v) is 7.90. The minimum absolute atomic E-state index is 0.117. The first-order valence-corrected chi connectivity index (χ1v) is 13.5. The average molecular weight is 530 g/mol. The number of thioether (sulfide) groups is 1. The van der Waals surface area contributed by atoms with Crippen LogP contribution in [0.25, 0.3) is 11.7 Å². The van der Waals surface area contributed by atoms with Crippen LogP contribution in [0, 0.1) is 6.92 Å². The van der Waals surface area contributed by atoms with Gasteiger partial charge in [0.15, 0.2) is 0 Å². The van der Waals surface area contributed by atoms with E-state index in [-0.39, 0.29) is 17.9 Å². The molecule has 0 bridgehead atoms. The summed E-state index contributed by atoms with van der Waals surface area (Å²) in [7, 11) is 0. The summed E-state index contributed by atoms with van der Waals surface area (Å²) in [6, 6.07) is 3.78. The van der Waals surface area contributed by atoms with Crippen molar-refractivity contribution in [1.82, 2.24) is 19.2 Å². The summed E-state index contributed by atoms with van der Waals surface area (Å²) < 4.78 is 1.99. The summed E-state index contributed by atoms with van der Waals surface area (Å²) in [6.07, 6.45) is 5.46. The normalized spacial score (nSPS) is 18.1. The van der Waals surface area contributed by atoms with E-state index in [0.717, 1.165) is 38.3 Å². The van der Waals surface area contributed by atoms with Gasteiger partial charge in [0.05, 0.1) is 10.5 Å². The highest BCUT2D eigenvalue weighted by atomic mass is 32.2. The molecule has 0 aromatic carbocycles. The lowest BCUT2D eigenvalue weighted by Gasteiger charge is -2.35. The molecule has 2 aromatic rings. The van der Waals surface area contributed by atoms with E-state index in [1.165, 1.54) is 16.2 Å². The Balaban J connectivity index is 1.64. The van der Waals surface area contributed by atoms with Crippen molar-refractivity contribution in [3.63, 3.8) is 0 Å². The van der Waals surface area contributed by atoms with E-state index in [2.05, 4.69) is 16.7 Å². The van der Waals surface area contributed by atoms with Crippen molar-refractivity contribution in [2.45, 2.75) is 39.5 Å². The Bertz CT molecular complexity index is 1270. The molecule has 0 atom stereocenters. The summed E-state index contributed by atoms with van der Waals surface area (Å²) in [6.45, 7) is 8.74. The van der Waals surface area contributed by atoms with Crippen LogP contribution in [0.15, 0.2) is 28.0 Å². The number of aromatic nitrogens is 2. The van der Waals surface area contributed by atoms with Crippen LogP contribution in [0.4, 0.5) is 5.82 Å². The quantitative estimate of drug-likeness (QED) is 0.299. The Labute approximate surface area is 219 Å². The van der Waals surface area contributed by atoms with Gasteiger partial charge in [-0.3, -0.25) is 23.7 Å². The second kappa shape index (κ2) is 11.5. The first-order chi connectivity index (χ1) is 17.3. The third-order valence-electron chi connectivity index (χ3n) is 6.53.